The molecule has 0 atom stereocenters. The van der Waals surface area contributed by atoms with Crippen LogP contribution in [0.5, 0.6) is 5.75 Å². The molecule has 1 aromatic heterocycles. The lowest BCUT2D eigenvalue weighted by Crippen LogP contribution is -2.04. The van der Waals surface area contributed by atoms with Gasteiger partial charge < -0.3 is 9.47 Å². The van der Waals surface area contributed by atoms with Crippen molar-refractivity contribution >= 4 is 23.2 Å². The van der Waals surface area contributed by atoms with Gasteiger partial charge in [0.05, 0.1) is 6.61 Å². The molecule has 0 N–H and O–H groups in total. The first-order chi connectivity index (χ1) is 10.2. The summed E-state index contributed by atoms with van der Waals surface area (Å²) in [6.45, 7) is 3.09. The third-order valence-electron chi connectivity index (χ3n) is 2.86. The number of aryl methyl sites for hydroxylation is 1. The number of rotatable bonds is 7. The molecular weight excluding hydrogens is 284 g/mol. The smallest absolute Gasteiger partial charge is 0.185 e. The van der Waals surface area contributed by atoms with E-state index in [1.807, 2.05) is 25.1 Å². The Hall–Kier alpha value is -1.91. The molecule has 0 unspecified atom stereocenters. The van der Waals surface area contributed by atoms with E-state index in [2.05, 4.69) is 0 Å². The zero-order valence-corrected chi connectivity index (χ0v) is 13.0. The molecule has 4 heteroatoms. The number of hydrogen-bond donors (Lipinski definition) is 0. The lowest BCUT2D eigenvalue weighted by molar-refractivity contribution is 0.104. The minimum absolute atomic E-state index is 0.00973. The van der Waals surface area contributed by atoms with Gasteiger partial charge in [0.1, 0.15) is 12.4 Å². The monoisotopic (exact) mass is 302 g/mol. The highest BCUT2D eigenvalue weighted by Gasteiger charge is 2.02. The summed E-state index contributed by atoms with van der Waals surface area (Å²) in [5.41, 5.74) is 0.651. The maximum atomic E-state index is 12.1. The van der Waals surface area contributed by atoms with Crippen molar-refractivity contribution in [2.45, 2.75) is 6.92 Å². The van der Waals surface area contributed by atoms with E-state index >= 15 is 0 Å². The van der Waals surface area contributed by atoms with Crippen molar-refractivity contribution in [3.05, 3.63) is 57.8 Å². The van der Waals surface area contributed by atoms with Crippen LogP contribution in [-0.4, -0.2) is 26.1 Å². The summed E-state index contributed by atoms with van der Waals surface area (Å²) < 4.78 is 10.4. The number of carbonyl (C=O) groups is 1. The summed E-state index contributed by atoms with van der Waals surface area (Å²) in [6.07, 6.45) is 3.45. The van der Waals surface area contributed by atoms with Gasteiger partial charge in [-0.25, -0.2) is 0 Å². The molecule has 2 aromatic rings. The minimum atomic E-state index is -0.00973. The molecule has 1 heterocycles. The molecule has 0 bridgehead atoms. The summed E-state index contributed by atoms with van der Waals surface area (Å²) >= 11 is 1.67. The van der Waals surface area contributed by atoms with Gasteiger partial charge in [-0.05, 0) is 55.5 Å². The van der Waals surface area contributed by atoms with E-state index in [1.165, 1.54) is 4.88 Å². The molecule has 0 aliphatic rings. The molecule has 0 saturated carbocycles. The Bertz CT molecular complexity index is 611. The third-order valence-corrected chi connectivity index (χ3v) is 3.82. The number of thiophene rings is 1. The van der Waals surface area contributed by atoms with Crippen molar-refractivity contribution in [2.24, 2.45) is 0 Å². The molecule has 0 amide bonds. The van der Waals surface area contributed by atoms with Crippen molar-refractivity contribution < 1.29 is 14.3 Å². The summed E-state index contributed by atoms with van der Waals surface area (Å²) in [7, 11) is 1.63. The maximum absolute atomic E-state index is 12.1. The Labute approximate surface area is 128 Å². The number of ketones is 1. The van der Waals surface area contributed by atoms with Gasteiger partial charge in [0.2, 0.25) is 0 Å². The average Bonchev–Trinajstić information content (AvgIpc) is 2.91. The lowest BCUT2D eigenvalue weighted by atomic mass is 10.1. The van der Waals surface area contributed by atoms with Crippen molar-refractivity contribution in [3.8, 4) is 5.75 Å². The van der Waals surface area contributed by atoms with Gasteiger partial charge in [-0.3, -0.25) is 4.79 Å². The Morgan fingerprint density at radius 1 is 1.14 bits per heavy atom. The Morgan fingerprint density at radius 2 is 1.90 bits per heavy atom. The second-order valence-corrected chi connectivity index (χ2v) is 5.83. The number of benzene rings is 1. The van der Waals surface area contributed by atoms with Crippen LogP contribution in [0.1, 0.15) is 20.1 Å². The Balaban J connectivity index is 1.94. The lowest BCUT2D eigenvalue weighted by Gasteiger charge is -2.05. The SMILES string of the molecule is COCCOc1ccc(C(=O)/C=C/c2ccc(C)s2)cc1. The fourth-order valence-corrected chi connectivity index (χ4v) is 2.54. The van der Waals surface area contributed by atoms with Crippen molar-refractivity contribution in [2.75, 3.05) is 20.3 Å². The number of methoxy groups -OCH3 is 1. The number of carbonyl (C=O) groups excluding carboxylic acids is 1. The predicted molar refractivity (Wildman–Crippen MR) is 86.2 cm³/mol. The summed E-state index contributed by atoms with van der Waals surface area (Å²) in [6, 6.07) is 11.2. The summed E-state index contributed by atoms with van der Waals surface area (Å²) in [4.78, 5) is 14.4. The normalized spacial score (nSPS) is 11.0. The van der Waals surface area contributed by atoms with Crippen molar-refractivity contribution in [1.82, 2.24) is 0 Å². The summed E-state index contributed by atoms with van der Waals surface area (Å²) in [5.74, 6) is 0.728. The van der Waals surface area contributed by atoms with Crippen LogP contribution in [0.15, 0.2) is 42.5 Å². The first kappa shape index (κ1) is 15.5. The predicted octanol–water partition coefficient (Wildman–Crippen LogP) is 3.98. The highest BCUT2D eigenvalue weighted by Crippen LogP contribution is 2.17. The van der Waals surface area contributed by atoms with Gasteiger partial charge in [0, 0.05) is 22.4 Å². The van der Waals surface area contributed by atoms with E-state index in [1.54, 1.807) is 48.8 Å². The first-order valence-electron chi connectivity index (χ1n) is 6.69. The van der Waals surface area contributed by atoms with Crippen molar-refractivity contribution in [3.63, 3.8) is 0 Å². The zero-order chi connectivity index (χ0) is 15.1. The van der Waals surface area contributed by atoms with E-state index in [9.17, 15) is 4.79 Å². The molecule has 0 spiro atoms. The average molecular weight is 302 g/mol. The number of ether oxygens (including phenoxy) is 2. The van der Waals surface area contributed by atoms with Gasteiger partial charge in [0.25, 0.3) is 0 Å². The van der Waals surface area contributed by atoms with E-state index in [-0.39, 0.29) is 5.78 Å². The van der Waals surface area contributed by atoms with Gasteiger partial charge >= 0.3 is 0 Å². The van der Waals surface area contributed by atoms with Crippen LogP contribution < -0.4 is 4.74 Å². The molecule has 0 aliphatic heterocycles. The second-order valence-electron chi connectivity index (χ2n) is 4.51. The fourth-order valence-electron chi connectivity index (χ4n) is 1.76. The first-order valence-corrected chi connectivity index (χ1v) is 7.51. The van der Waals surface area contributed by atoms with Gasteiger partial charge in [-0.1, -0.05) is 0 Å². The van der Waals surface area contributed by atoms with Crippen LogP contribution >= 0.6 is 11.3 Å². The van der Waals surface area contributed by atoms with Gasteiger partial charge in [-0.2, -0.15) is 0 Å². The molecular formula is C17H18O3S. The summed E-state index contributed by atoms with van der Waals surface area (Å²) in [5, 5.41) is 0. The molecule has 110 valence electrons. The largest absolute Gasteiger partial charge is 0.491 e. The van der Waals surface area contributed by atoms with E-state index < -0.39 is 0 Å². The molecule has 0 fully saturated rings. The van der Waals surface area contributed by atoms with E-state index in [4.69, 9.17) is 9.47 Å². The molecule has 0 saturated heterocycles. The Kier molecular flexibility index (Phi) is 5.72. The highest BCUT2D eigenvalue weighted by atomic mass is 32.1. The van der Waals surface area contributed by atoms with Crippen LogP contribution in [0.4, 0.5) is 0 Å². The molecule has 3 nitrogen and oxygen atoms in total. The van der Waals surface area contributed by atoms with Gasteiger partial charge in [-0.15, -0.1) is 11.3 Å². The fraction of sp³-hybridized carbons (Fsp3) is 0.235. The highest BCUT2D eigenvalue weighted by molar-refractivity contribution is 7.12. The van der Waals surface area contributed by atoms with Crippen LogP contribution in [-0.2, 0) is 4.74 Å². The minimum Gasteiger partial charge on any atom is -0.491 e. The quantitative estimate of drug-likeness (QED) is 0.441. The number of allylic oxidation sites excluding steroid dienone is 1. The molecule has 1 aromatic carbocycles. The van der Waals surface area contributed by atoms with Crippen LogP contribution in [0.25, 0.3) is 6.08 Å². The Morgan fingerprint density at radius 3 is 2.52 bits per heavy atom. The van der Waals surface area contributed by atoms with E-state index in [0.717, 1.165) is 10.6 Å². The van der Waals surface area contributed by atoms with Crippen LogP contribution in [0.2, 0.25) is 0 Å². The standard InChI is InChI=1S/C17H18O3S/c1-13-3-8-16(21-13)9-10-17(18)14-4-6-15(7-5-14)20-12-11-19-2/h3-10H,11-12H2,1-2H3/b10-9+. The van der Waals surface area contributed by atoms with Crippen LogP contribution in [0.3, 0.4) is 0 Å². The third kappa shape index (κ3) is 4.85. The molecule has 2 rings (SSSR count). The van der Waals surface area contributed by atoms with Crippen LogP contribution in [0, 0.1) is 6.92 Å². The maximum Gasteiger partial charge on any atom is 0.185 e. The molecule has 21 heavy (non-hydrogen) atoms. The molecule has 0 radical (unpaired) electrons. The second kappa shape index (κ2) is 7.76. The van der Waals surface area contributed by atoms with E-state index in [0.29, 0.717) is 18.8 Å². The van der Waals surface area contributed by atoms with Crippen molar-refractivity contribution in [1.29, 1.82) is 0 Å². The zero-order valence-electron chi connectivity index (χ0n) is 12.2. The number of hydrogen-bond acceptors (Lipinski definition) is 4. The topological polar surface area (TPSA) is 35.5 Å². The van der Waals surface area contributed by atoms with Gasteiger partial charge in [0.15, 0.2) is 5.78 Å². The molecule has 0 aliphatic carbocycles.